The molecule has 0 aromatic carbocycles. The highest BCUT2D eigenvalue weighted by Crippen LogP contribution is 1.98. The quantitative estimate of drug-likeness (QED) is 0.595. The maximum Gasteiger partial charge on any atom is 0.0656 e. The van der Waals surface area contributed by atoms with Crippen LogP contribution in [-0.4, -0.2) is 49.8 Å². The first-order valence-electron chi connectivity index (χ1n) is 3.89. The molecule has 3 nitrogen and oxygen atoms in total. The molecule has 1 aliphatic rings. The molecule has 1 rings (SSSR count). The van der Waals surface area contributed by atoms with Gasteiger partial charge in [-0.15, -0.1) is 0 Å². The number of hydrogen-bond donors (Lipinski definition) is 0. The lowest BCUT2D eigenvalue weighted by Crippen LogP contribution is -2.44. The smallest absolute Gasteiger partial charge is 0.0656 e. The van der Waals surface area contributed by atoms with Crippen LogP contribution in [0, 0.1) is 0 Å². The fourth-order valence-electron chi connectivity index (χ4n) is 1.10. The highest BCUT2D eigenvalue weighted by molar-refractivity contribution is 4.62. The molecule has 0 saturated carbocycles. The van der Waals surface area contributed by atoms with Crippen LogP contribution in [0.3, 0.4) is 0 Å². The Kier molecular flexibility index (Phi) is 5.46. The van der Waals surface area contributed by atoms with Gasteiger partial charge in [0.2, 0.25) is 0 Å². The summed E-state index contributed by atoms with van der Waals surface area (Å²) in [6.45, 7) is 7.16. The second-order valence-corrected chi connectivity index (χ2v) is 2.65. The summed E-state index contributed by atoms with van der Waals surface area (Å²) >= 11 is 0. The van der Waals surface area contributed by atoms with Gasteiger partial charge in [-0.1, -0.05) is 7.43 Å². The van der Waals surface area contributed by atoms with E-state index < -0.39 is 0 Å². The lowest BCUT2D eigenvalue weighted by molar-refractivity contribution is -0.170. The number of rotatable bonds is 2. The highest BCUT2D eigenvalue weighted by Gasteiger charge is 2.12. The summed E-state index contributed by atoms with van der Waals surface area (Å²) in [5.74, 6) is 0. The standard InChI is InChI=1S/C7H16N2O.CH4/c1-3-10-9-6-4-8(2)5-7-9;/h3-7H2,1-2H3;1H4. The Balaban J connectivity index is 0.000001000. The van der Waals surface area contributed by atoms with E-state index in [0.717, 1.165) is 32.8 Å². The Labute approximate surface area is 69.9 Å². The van der Waals surface area contributed by atoms with Crippen LogP contribution in [0.1, 0.15) is 14.4 Å². The lowest BCUT2D eigenvalue weighted by atomic mass is 10.4. The van der Waals surface area contributed by atoms with E-state index >= 15 is 0 Å². The Hall–Kier alpha value is -0.120. The molecule has 3 heteroatoms. The van der Waals surface area contributed by atoms with Crippen molar-refractivity contribution >= 4 is 0 Å². The van der Waals surface area contributed by atoms with Gasteiger partial charge in [-0.2, -0.15) is 5.06 Å². The fraction of sp³-hybridized carbons (Fsp3) is 1.00. The fourth-order valence-corrected chi connectivity index (χ4v) is 1.10. The van der Waals surface area contributed by atoms with Crippen molar-refractivity contribution in [3.8, 4) is 0 Å². The monoisotopic (exact) mass is 160 g/mol. The largest absolute Gasteiger partial charge is 0.304 e. The van der Waals surface area contributed by atoms with Crippen LogP contribution in [-0.2, 0) is 4.84 Å². The minimum absolute atomic E-state index is 0. The Bertz CT molecular complexity index is 90.1. The third-order valence-corrected chi connectivity index (χ3v) is 1.77. The molecule has 68 valence electrons. The van der Waals surface area contributed by atoms with Crippen LogP contribution in [0.2, 0.25) is 0 Å². The molecule has 11 heavy (non-hydrogen) atoms. The van der Waals surface area contributed by atoms with Crippen molar-refractivity contribution < 1.29 is 4.84 Å². The van der Waals surface area contributed by atoms with Gasteiger partial charge in [0.25, 0.3) is 0 Å². The molecule has 0 atom stereocenters. The number of likely N-dealkylation sites (N-methyl/N-ethyl adjacent to an activating group) is 1. The number of piperazine rings is 1. The van der Waals surface area contributed by atoms with Crippen LogP contribution >= 0.6 is 0 Å². The Morgan fingerprint density at radius 3 is 2.18 bits per heavy atom. The summed E-state index contributed by atoms with van der Waals surface area (Å²) in [4.78, 5) is 7.65. The summed E-state index contributed by atoms with van der Waals surface area (Å²) < 4.78 is 0. The zero-order valence-electron chi connectivity index (χ0n) is 6.84. The van der Waals surface area contributed by atoms with Gasteiger partial charge in [-0.25, -0.2) is 0 Å². The van der Waals surface area contributed by atoms with Gasteiger partial charge in [0.1, 0.15) is 0 Å². The third kappa shape index (κ3) is 3.70. The van der Waals surface area contributed by atoms with E-state index in [1.54, 1.807) is 0 Å². The summed E-state index contributed by atoms with van der Waals surface area (Å²) in [7, 11) is 2.14. The average molecular weight is 160 g/mol. The summed E-state index contributed by atoms with van der Waals surface area (Å²) in [6.07, 6.45) is 0. The van der Waals surface area contributed by atoms with Gasteiger partial charge in [0.05, 0.1) is 6.61 Å². The first kappa shape index (κ1) is 10.9. The molecule has 0 aliphatic carbocycles. The Morgan fingerprint density at radius 1 is 1.18 bits per heavy atom. The molecule has 0 unspecified atom stereocenters. The molecule has 0 N–H and O–H groups in total. The molecule has 0 bridgehead atoms. The zero-order valence-corrected chi connectivity index (χ0v) is 6.84. The topological polar surface area (TPSA) is 15.7 Å². The lowest BCUT2D eigenvalue weighted by Gasteiger charge is -2.30. The zero-order chi connectivity index (χ0) is 7.40. The van der Waals surface area contributed by atoms with Crippen LogP contribution in [0.5, 0.6) is 0 Å². The van der Waals surface area contributed by atoms with E-state index in [1.807, 2.05) is 12.0 Å². The highest BCUT2D eigenvalue weighted by atomic mass is 16.7. The van der Waals surface area contributed by atoms with Crippen LogP contribution < -0.4 is 0 Å². The summed E-state index contributed by atoms with van der Waals surface area (Å²) in [6, 6.07) is 0. The molecule has 0 radical (unpaired) electrons. The van der Waals surface area contributed by atoms with Crippen LogP contribution in [0.15, 0.2) is 0 Å². The number of hydrogen-bond acceptors (Lipinski definition) is 3. The van der Waals surface area contributed by atoms with Gasteiger partial charge < -0.3 is 4.90 Å². The third-order valence-electron chi connectivity index (χ3n) is 1.77. The molecule has 1 heterocycles. The predicted octanol–water partition coefficient (Wildman–Crippen LogP) is 0.821. The maximum absolute atomic E-state index is 5.34. The Morgan fingerprint density at radius 2 is 1.73 bits per heavy atom. The van der Waals surface area contributed by atoms with Gasteiger partial charge in [0, 0.05) is 26.2 Å². The van der Waals surface area contributed by atoms with Crippen LogP contribution in [0.25, 0.3) is 0 Å². The van der Waals surface area contributed by atoms with E-state index in [9.17, 15) is 0 Å². The van der Waals surface area contributed by atoms with Gasteiger partial charge in [-0.3, -0.25) is 4.84 Å². The van der Waals surface area contributed by atoms with Crippen molar-refractivity contribution in [1.29, 1.82) is 0 Å². The van der Waals surface area contributed by atoms with Crippen molar-refractivity contribution in [2.45, 2.75) is 14.4 Å². The van der Waals surface area contributed by atoms with E-state index in [2.05, 4.69) is 11.9 Å². The molecule has 0 spiro atoms. The second-order valence-electron chi connectivity index (χ2n) is 2.65. The van der Waals surface area contributed by atoms with Crippen molar-refractivity contribution in [2.75, 3.05) is 39.8 Å². The molecule has 1 fully saturated rings. The summed E-state index contributed by atoms with van der Waals surface area (Å²) in [5, 5.41) is 2.04. The number of hydroxylamine groups is 2. The predicted molar refractivity (Wildman–Crippen MR) is 47.4 cm³/mol. The van der Waals surface area contributed by atoms with Gasteiger partial charge >= 0.3 is 0 Å². The van der Waals surface area contributed by atoms with Gasteiger partial charge in [-0.05, 0) is 14.0 Å². The first-order chi connectivity index (χ1) is 4.83. The summed E-state index contributed by atoms with van der Waals surface area (Å²) in [5.41, 5.74) is 0. The molecule has 1 saturated heterocycles. The van der Waals surface area contributed by atoms with Crippen LogP contribution in [0.4, 0.5) is 0 Å². The number of nitrogens with zero attached hydrogens (tertiary/aromatic N) is 2. The van der Waals surface area contributed by atoms with Crippen molar-refractivity contribution in [1.82, 2.24) is 9.96 Å². The molecule has 0 amide bonds. The molecular weight excluding hydrogens is 140 g/mol. The molecule has 0 aromatic rings. The minimum atomic E-state index is 0. The normalized spacial score (nSPS) is 21.3. The molecular formula is C8H20N2O. The molecule has 1 aliphatic heterocycles. The van der Waals surface area contributed by atoms with Crippen molar-refractivity contribution in [3.05, 3.63) is 0 Å². The first-order valence-corrected chi connectivity index (χ1v) is 3.89. The SMILES string of the molecule is C.CCON1CCN(C)CC1. The average Bonchev–Trinajstić information content (AvgIpc) is 1.95. The van der Waals surface area contributed by atoms with E-state index in [-0.39, 0.29) is 7.43 Å². The van der Waals surface area contributed by atoms with E-state index in [4.69, 9.17) is 4.84 Å². The minimum Gasteiger partial charge on any atom is -0.304 e. The van der Waals surface area contributed by atoms with Crippen molar-refractivity contribution in [2.24, 2.45) is 0 Å². The van der Waals surface area contributed by atoms with Gasteiger partial charge in [0.15, 0.2) is 0 Å². The van der Waals surface area contributed by atoms with E-state index in [0.29, 0.717) is 0 Å². The second kappa shape index (κ2) is 5.52. The van der Waals surface area contributed by atoms with E-state index in [1.165, 1.54) is 0 Å². The molecule has 0 aromatic heterocycles. The van der Waals surface area contributed by atoms with Crippen molar-refractivity contribution in [3.63, 3.8) is 0 Å². The maximum atomic E-state index is 5.34.